The van der Waals surface area contributed by atoms with Gasteiger partial charge in [0.15, 0.2) is 12.3 Å². The number of para-hydroxylation sites is 1. The molecule has 6 nitrogen and oxygen atoms in total. The summed E-state index contributed by atoms with van der Waals surface area (Å²) in [5.74, 6) is -0.822. The number of nitrogens with one attached hydrogen (secondary N) is 1. The van der Waals surface area contributed by atoms with E-state index in [4.69, 9.17) is 4.74 Å². The number of nitrogens with zero attached hydrogens (tertiary/aromatic N) is 2. The van der Waals surface area contributed by atoms with Gasteiger partial charge >= 0.3 is 5.97 Å². The summed E-state index contributed by atoms with van der Waals surface area (Å²) in [5, 5.41) is 9.52. The van der Waals surface area contributed by atoms with Crippen molar-refractivity contribution in [3.63, 3.8) is 0 Å². The third kappa shape index (κ3) is 4.74. The number of esters is 1. The number of ether oxygens (including phenoxy) is 1. The van der Waals surface area contributed by atoms with Crippen molar-refractivity contribution < 1.29 is 14.3 Å². The maximum Gasteiger partial charge on any atom is 0.357 e. The zero-order chi connectivity index (χ0) is 20.1. The van der Waals surface area contributed by atoms with E-state index in [-0.39, 0.29) is 18.6 Å². The van der Waals surface area contributed by atoms with E-state index in [9.17, 15) is 9.59 Å². The molecule has 1 N–H and O–H groups in total. The van der Waals surface area contributed by atoms with Gasteiger partial charge in [0.2, 0.25) is 0 Å². The second kappa shape index (κ2) is 9.05. The van der Waals surface area contributed by atoms with Crippen LogP contribution in [-0.2, 0) is 9.53 Å². The fourth-order valence-corrected chi connectivity index (χ4v) is 4.24. The number of thiophene rings is 1. The molecule has 1 aliphatic carbocycles. The molecule has 0 radical (unpaired) electrons. The van der Waals surface area contributed by atoms with Crippen LogP contribution in [-0.4, -0.2) is 34.3 Å². The summed E-state index contributed by atoms with van der Waals surface area (Å²) in [6.07, 6.45) is 5.46. The molecule has 29 heavy (non-hydrogen) atoms. The van der Waals surface area contributed by atoms with Gasteiger partial charge in [0, 0.05) is 12.1 Å². The van der Waals surface area contributed by atoms with E-state index in [1.54, 1.807) is 22.1 Å². The average Bonchev–Trinajstić information content (AvgIpc) is 3.43. The summed E-state index contributed by atoms with van der Waals surface area (Å²) in [5.41, 5.74) is 1.75. The topological polar surface area (TPSA) is 73.2 Å². The van der Waals surface area contributed by atoms with Crippen LogP contribution in [0.4, 0.5) is 0 Å². The van der Waals surface area contributed by atoms with E-state index in [0.29, 0.717) is 11.4 Å². The molecule has 150 valence electrons. The molecule has 0 saturated heterocycles. The Bertz CT molecular complexity index is 961. The number of hydrogen-bond acceptors (Lipinski definition) is 5. The summed E-state index contributed by atoms with van der Waals surface area (Å²) in [4.78, 5) is 25.9. The molecule has 0 aliphatic heterocycles. The predicted octanol–water partition coefficient (Wildman–Crippen LogP) is 4.21. The number of aromatic nitrogens is 2. The van der Waals surface area contributed by atoms with Crippen LogP contribution in [0.25, 0.3) is 16.3 Å². The van der Waals surface area contributed by atoms with Gasteiger partial charge in [-0.05, 0) is 36.4 Å². The molecular weight excluding hydrogens is 386 g/mol. The molecular formula is C22H23N3O3S. The van der Waals surface area contributed by atoms with Gasteiger partial charge in [-0.15, -0.1) is 11.3 Å². The van der Waals surface area contributed by atoms with Gasteiger partial charge < -0.3 is 10.1 Å². The van der Waals surface area contributed by atoms with Gasteiger partial charge in [-0.25, -0.2) is 9.48 Å². The van der Waals surface area contributed by atoms with Crippen molar-refractivity contribution in [2.45, 2.75) is 38.1 Å². The average molecular weight is 410 g/mol. The minimum atomic E-state index is -0.567. The van der Waals surface area contributed by atoms with Crippen LogP contribution < -0.4 is 5.32 Å². The first kappa shape index (κ1) is 19.4. The van der Waals surface area contributed by atoms with Crippen LogP contribution in [0.15, 0.2) is 53.9 Å². The summed E-state index contributed by atoms with van der Waals surface area (Å²) < 4.78 is 6.88. The molecule has 1 fully saturated rings. The molecule has 1 aromatic carbocycles. The minimum absolute atomic E-state index is 0.190. The Labute approximate surface area is 173 Å². The number of benzene rings is 1. The molecule has 1 saturated carbocycles. The van der Waals surface area contributed by atoms with E-state index in [2.05, 4.69) is 10.4 Å². The fraction of sp³-hybridized carbons (Fsp3) is 0.318. The molecule has 1 amide bonds. The SMILES string of the molecule is O=C(COC(=O)c1cc(-c2cccs2)nn1-c1ccccc1)NC1CCCCC1. The maximum atomic E-state index is 12.8. The van der Waals surface area contributed by atoms with Crippen LogP contribution in [0.5, 0.6) is 0 Å². The van der Waals surface area contributed by atoms with Gasteiger partial charge in [0.25, 0.3) is 5.91 Å². The number of amides is 1. The second-order valence-corrected chi connectivity index (χ2v) is 8.07. The molecule has 0 unspecified atom stereocenters. The van der Waals surface area contributed by atoms with Crippen LogP contribution in [0.1, 0.15) is 42.6 Å². The highest BCUT2D eigenvalue weighted by atomic mass is 32.1. The Morgan fingerprint density at radius 2 is 1.90 bits per heavy atom. The monoisotopic (exact) mass is 409 g/mol. The number of hydrogen-bond donors (Lipinski definition) is 1. The molecule has 0 bridgehead atoms. The normalized spacial score (nSPS) is 14.5. The highest BCUT2D eigenvalue weighted by Crippen LogP contribution is 2.26. The van der Waals surface area contributed by atoms with Crippen molar-refractivity contribution in [1.82, 2.24) is 15.1 Å². The third-order valence-electron chi connectivity index (χ3n) is 5.00. The fourth-order valence-electron chi connectivity index (χ4n) is 3.56. The zero-order valence-electron chi connectivity index (χ0n) is 16.0. The van der Waals surface area contributed by atoms with Crippen LogP contribution in [0, 0.1) is 0 Å². The smallest absolute Gasteiger partial charge is 0.357 e. The first-order valence-electron chi connectivity index (χ1n) is 9.86. The highest BCUT2D eigenvalue weighted by Gasteiger charge is 2.21. The van der Waals surface area contributed by atoms with Gasteiger partial charge in [0.1, 0.15) is 5.69 Å². The van der Waals surface area contributed by atoms with E-state index in [0.717, 1.165) is 36.2 Å². The van der Waals surface area contributed by atoms with E-state index < -0.39 is 5.97 Å². The standard InChI is InChI=1S/C22H23N3O3S/c26-21(23-16-8-3-1-4-9-16)15-28-22(27)19-14-18(20-12-7-13-29-20)24-25(19)17-10-5-2-6-11-17/h2,5-7,10-14,16H,1,3-4,8-9,15H2,(H,23,26). The lowest BCUT2D eigenvalue weighted by molar-refractivity contribution is -0.125. The third-order valence-corrected chi connectivity index (χ3v) is 5.89. The number of rotatable bonds is 6. The van der Waals surface area contributed by atoms with Crippen molar-refractivity contribution in [2.75, 3.05) is 6.61 Å². The molecule has 0 atom stereocenters. The lowest BCUT2D eigenvalue weighted by atomic mass is 9.95. The Hall–Kier alpha value is -2.93. The minimum Gasteiger partial charge on any atom is -0.451 e. The molecule has 4 rings (SSSR count). The number of carbonyl (C=O) groups is 2. The Morgan fingerprint density at radius 1 is 1.10 bits per heavy atom. The molecule has 2 aromatic heterocycles. The maximum absolute atomic E-state index is 12.8. The van der Waals surface area contributed by atoms with Crippen molar-refractivity contribution in [1.29, 1.82) is 0 Å². The summed E-state index contributed by atoms with van der Waals surface area (Å²) in [7, 11) is 0. The van der Waals surface area contributed by atoms with E-state index in [1.807, 2.05) is 47.8 Å². The zero-order valence-corrected chi connectivity index (χ0v) is 16.9. The molecule has 3 aromatic rings. The van der Waals surface area contributed by atoms with Gasteiger partial charge in [-0.3, -0.25) is 4.79 Å². The van der Waals surface area contributed by atoms with E-state index >= 15 is 0 Å². The Kier molecular flexibility index (Phi) is 6.05. The van der Waals surface area contributed by atoms with Crippen molar-refractivity contribution in [3.05, 3.63) is 59.6 Å². The van der Waals surface area contributed by atoms with Crippen LogP contribution >= 0.6 is 11.3 Å². The predicted molar refractivity (Wildman–Crippen MR) is 112 cm³/mol. The molecule has 1 aliphatic rings. The summed E-state index contributed by atoms with van der Waals surface area (Å²) in [6, 6.07) is 15.2. The Morgan fingerprint density at radius 3 is 2.62 bits per heavy atom. The molecule has 0 spiro atoms. The van der Waals surface area contributed by atoms with Gasteiger partial charge in [-0.1, -0.05) is 43.5 Å². The summed E-state index contributed by atoms with van der Waals surface area (Å²) in [6.45, 7) is -0.288. The van der Waals surface area contributed by atoms with Crippen LogP contribution in [0.2, 0.25) is 0 Å². The molecule has 2 heterocycles. The van der Waals surface area contributed by atoms with Crippen LogP contribution in [0.3, 0.4) is 0 Å². The van der Waals surface area contributed by atoms with Gasteiger partial charge in [-0.2, -0.15) is 5.10 Å². The Balaban J connectivity index is 1.48. The first-order chi connectivity index (χ1) is 14.2. The van der Waals surface area contributed by atoms with Gasteiger partial charge in [0.05, 0.1) is 10.6 Å². The second-order valence-electron chi connectivity index (χ2n) is 7.12. The molecule has 7 heteroatoms. The largest absolute Gasteiger partial charge is 0.451 e. The van der Waals surface area contributed by atoms with Crippen molar-refractivity contribution in [2.24, 2.45) is 0 Å². The summed E-state index contributed by atoms with van der Waals surface area (Å²) >= 11 is 1.55. The highest BCUT2D eigenvalue weighted by molar-refractivity contribution is 7.13. The van der Waals surface area contributed by atoms with Crippen molar-refractivity contribution in [3.8, 4) is 16.3 Å². The quantitative estimate of drug-likeness (QED) is 0.619. The lowest BCUT2D eigenvalue weighted by Crippen LogP contribution is -2.38. The first-order valence-corrected chi connectivity index (χ1v) is 10.7. The lowest BCUT2D eigenvalue weighted by Gasteiger charge is -2.22. The van der Waals surface area contributed by atoms with E-state index in [1.165, 1.54) is 6.42 Å². The van der Waals surface area contributed by atoms with Crippen molar-refractivity contribution >= 4 is 23.2 Å². The number of carbonyl (C=O) groups excluding carboxylic acids is 2.